The van der Waals surface area contributed by atoms with Crippen LogP contribution in [0, 0.1) is 6.92 Å². The number of likely N-dealkylation sites (tertiary alicyclic amines) is 1. The molecule has 0 saturated carbocycles. The number of halogens is 1. The number of nitrogens with one attached hydrogen (secondary N) is 1. The Balaban J connectivity index is 0.00000192. The molecule has 1 N–H and O–H groups in total. The van der Waals surface area contributed by atoms with Crippen LogP contribution < -0.4 is 5.32 Å². The van der Waals surface area contributed by atoms with E-state index in [0.29, 0.717) is 12.6 Å². The molecular weight excluding hydrogens is 407 g/mol. The molecule has 3 heterocycles. The monoisotopic (exact) mass is 434 g/mol. The lowest BCUT2D eigenvalue weighted by Crippen LogP contribution is -2.42. The van der Waals surface area contributed by atoms with Crippen LogP contribution >= 0.6 is 24.0 Å². The average Bonchev–Trinajstić information content (AvgIpc) is 3.25. The van der Waals surface area contributed by atoms with Crippen LogP contribution in [0.2, 0.25) is 0 Å². The van der Waals surface area contributed by atoms with Gasteiger partial charge in [0.2, 0.25) is 0 Å². The maximum atomic E-state index is 5.69. The molecule has 7 nitrogen and oxygen atoms in total. The number of guanidine groups is 1. The van der Waals surface area contributed by atoms with Crippen LogP contribution in [0.1, 0.15) is 37.3 Å². The number of rotatable bonds is 4. The number of hydrogen-bond acceptors (Lipinski definition) is 4. The first-order chi connectivity index (χ1) is 10.7. The molecule has 2 aliphatic heterocycles. The maximum Gasteiger partial charge on any atom is 0.194 e. The lowest BCUT2D eigenvalue weighted by atomic mass is 10.2. The molecule has 0 spiro atoms. The van der Waals surface area contributed by atoms with E-state index in [1.54, 1.807) is 0 Å². The smallest absolute Gasteiger partial charge is 0.194 e. The fourth-order valence-corrected chi connectivity index (χ4v) is 2.94. The summed E-state index contributed by atoms with van der Waals surface area (Å²) >= 11 is 0. The summed E-state index contributed by atoms with van der Waals surface area (Å²) in [7, 11) is 1.98. The number of hydrogen-bond donors (Lipinski definition) is 1. The largest absolute Gasteiger partial charge is 0.376 e. The van der Waals surface area contributed by atoms with Crippen molar-refractivity contribution in [1.82, 2.24) is 25.0 Å². The highest BCUT2D eigenvalue weighted by Gasteiger charge is 2.20. The van der Waals surface area contributed by atoms with E-state index in [4.69, 9.17) is 9.73 Å². The summed E-state index contributed by atoms with van der Waals surface area (Å²) < 4.78 is 7.68. The molecule has 0 bridgehead atoms. The Morgan fingerprint density at radius 2 is 2.09 bits per heavy atom. The lowest BCUT2D eigenvalue weighted by molar-refractivity contribution is 0.113. The summed E-state index contributed by atoms with van der Waals surface area (Å²) in [6, 6.07) is 0. The second kappa shape index (κ2) is 8.81. The first kappa shape index (κ1) is 18.4. The normalized spacial score (nSPS) is 21.6. The summed E-state index contributed by atoms with van der Waals surface area (Å²) in [6.45, 7) is 6.40. The van der Waals surface area contributed by atoms with Gasteiger partial charge in [0.25, 0.3) is 0 Å². The van der Waals surface area contributed by atoms with Crippen LogP contribution in [0.15, 0.2) is 4.99 Å². The minimum absolute atomic E-state index is 0. The molecule has 2 fully saturated rings. The SMILES string of the molecule is Cc1nnc(CN=C(NCC2CCCO2)N2CCCC2)n1C.I. The average molecular weight is 434 g/mol. The minimum atomic E-state index is 0. The van der Waals surface area contributed by atoms with Gasteiger partial charge in [0.1, 0.15) is 12.4 Å². The van der Waals surface area contributed by atoms with E-state index in [1.165, 1.54) is 19.3 Å². The van der Waals surface area contributed by atoms with Crippen LogP contribution in [0.25, 0.3) is 0 Å². The third-order valence-corrected chi connectivity index (χ3v) is 4.47. The van der Waals surface area contributed by atoms with E-state index >= 15 is 0 Å². The third-order valence-electron chi connectivity index (χ3n) is 4.47. The van der Waals surface area contributed by atoms with E-state index in [2.05, 4.69) is 20.4 Å². The predicted molar refractivity (Wildman–Crippen MR) is 100 cm³/mol. The molecule has 0 amide bonds. The maximum absolute atomic E-state index is 5.69. The number of nitrogens with zero attached hydrogens (tertiary/aromatic N) is 5. The van der Waals surface area contributed by atoms with Crippen LogP contribution in [0.5, 0.6) is 0 Å². The Hall–Kier alpha value is -0.900. The van der Waals surface area contributed by atoms with Crippen molar-refractivity contribution in [2.45, 2.75) is 45.3 Å². The van der Waals surface area contributed by atoms with Gasteiger partial charge >= 0.3 is 0 Å². The molecule has 1 atom stereocenters. The lowest BCUT2D eigenvalue weighted by Gasteiger charge is -2.22. The summed E-state index contributed by atoms with van der Waals surface area (Å²) in [4.78, 5) is 7.10. The highest BCUT2D eigenvalue weighted by Crippen LogP contribution is 2.12. The van der Waals surface area contributed by atoms with Crippen molar-refractivity contribution >= 4 is 29.9 Å². The molecule has 2 saturated heterocycles. The fraction of sp³-hybridized carbons (Fsp3) is 0.800. The zero-order valence-electron chi connectivity index (χ0n) is 14.0. The van der Waals surface area contributed by atoms with Crippen LogP contribution in [0.4, 0.5) is 0 Å². The fourth-order valence-electron chi connectivity index (χ4n) is 2.94. The van der Waals surface area contributed by atoms with E-state index < -0.39 is 0 Å². The number of aliphatic imine (C=N–C) groups is 1. The minimum Gasteiger partial charge on any atom is -0.376 e. The van der Waals surface area contributed by atoms with Crippen molar-refractivity contribution in [3.05, 3.63) is 11.6 Å². The van der Waals surface area contributed by atoms with E-state index in [9.17, 15) is 0 Å². The Labute approximate surface area is 154 Å². The predicted octanol–water partition coefficient (Wildman–Crippen LogP) is 1.46. The molecule has 0 aliphatic carbocycles. The molecule has 1 aromatic heterocycles. The number of aromatic nitrogens is 3. The van der Waals surface area contributed by atoms with Gasteiger partial charge in [-0.3, -0.25) is 0 Å². The summed E-state index contributed by atoms with van der Waals surface area (Å²) in [5.74, 6) is 2.79. The topological polar surface area (TPSA) is 67.6 Å². The van der Waals surface area contributed by atoms with Gasteiger partial charge in [-0.1, -0.05) is 0 Å². The van der Waals surface area contributed by atoms with Crippen molar-refractivity contribution in [3.63, 3.8) is 0 Å². The van der Waals surface area contributed by atoms with E-state index in [1.807, 2.05) is 18.5 Å². The van der Waals surface area contributed by atoms with Gasteiger partial charge in [0, 0.05) is 33.3 Å². The molecule has 1 unspecified atom stereocenters. The van der Waals surface area contributed by atoms with Gasteiger partial charge in [-0.2, -0.15) is 0 Å². The molecule has 8 heteroatoms. The van der Waals surface area contributed by atoms with E-state index in [-0.39, 0.29) is 24.0 Å². The highest BCUT2D eigenvalue weighted by molar-refractivity contribution is 14.0. The van der Waals surface area contributed by atoms with Crippen molar-refractivity contribution in [1.29, 1.82) is 0 Å². The van der Waals surface area contributed by atoms with Crippen molar-refractivity contribution in [2.24, 2.45) is 12.0 Å². The second-order valence-corrected chi connectivity index (χ2v) is 6.07. The zero-order chi connectivity index (χ0) is 15.4. The molecule has 2 aliphatic rings. The molecule has 23 heavy (non-hydrogen) atoms. The molecule has 0 radical (unpaired) electrons. The van der Waals surface area contributed by atoms with E-state index in [0.717, 1.165) is 50.3 Å². The van der Waals surface area contributed by atoms with Crippen LogP contribution in [-0.4, -0.2) is 58.0 Å². The van der Waals surface area contributed by atoms with Crippen molar-refractivity contribution in [3.8, 4) is 0 Å². The molecular formula is C15H27IN6O. The summed E-state index contributed by atoms with van der Waals surface area (Å²) in [5.41, 5.74) is 0. The van der Waals surface area contributed by atoms with Crippen LogP contribution in [0.3, 0.4) is 0 Å². The van der Waals surface area contributed by atoms with Crippen molar-refractivity contribution in [2.75, 3.05) is 26.2 Å². The molecule has 130 valence electrons. The highest BCUT2D eigenvalue weighted by atomic mass is 127. The Kier molecular flexibility index (Phi) is 7.07. The zero-order valence-corrected chi connectivity index (χ0v) is 16.3. The third kappa shape index (κ3) is 4.79. The van der Waals surface area contributed by atoms with Crippen molar-refractivity contribution < 1.29 is 4.74 Å². The Morgan fingerprint density at radius 3 is 2.70 bits per heavy atom. The number of aryl methyl sites for hydroxylation is 1. The Bertz CT molecular complexity index is 520. The van der Waals surface area contributed by atoms with Gasteiger partial charge < -0.3 is 19.5 Å². The first-order valence-electron chi connectivity index (χ1n) is 8.24. The van der Waals surface area contributed by atoms with Gasteiger partial charge in [0.05, 0.1) is 6.10 Å². The Morgan fingerprint density at radius 1 is 1.30 bits per heavy atom. The van der Waals surface area contributed by atoms with Gasteiger partial charge in [-0.05, 0) is 32.6 Å². The molecule has 0 aromatic carbocycles. The van der Waals surface area contributed by atoms with Gasteiger partial charge in [0.15, 0.2) is 11.8 Å². The number of ether oxygens (including phenoxy) is 1. The summed E-state index contributed by atoms with van der Waals surface area (Å²) in [5, 5.41) is 11.8. The second-order valence-electron chi connectivity index (χ2n) is 6.07. The standard InChI is InChI=1S/C15H26N6O.HI/c1-12-18-19-14(20(12)2)11-17-15(21-7-3-4-8-21)16-10-13-6-5-9-22-13;/h13H,3-11H2,1-2H3,(H,16,17);1H. The van der Waals surface area contributed by atoms with Gasteiger partial charge in [-0.15, -0.1) is 34.2 Å². The first-order valence-corrected chi connectivity index (χ1v) is 8.24. The quantitative estimate of drug-likeness (QED) is 0.442. The molecule has 1 aromatic rings. The summed E-state index contributed by atoms with van der Waals surface area (Å²) in [6.07, 6.45) is 5.11. The molecule has 3 rings (SSSR count). The van der Waals surface area contributed by atoms with Crippen LogP contribution in [-0.2, 0) is 18.3 Å². The van der Waals surface area contributed by atoms with Gasteiger partial charge in [-0.25, -0.2) is 4.99 Å².